The smallest absolute Gasteiger partial charge is 0.418 e. The average Bonchev–Trinajstić information content (AvgIpc) is 2.25. The molecule has 0 aromatic carbocycles. The van der Waals surface area contributed by atoms with Crippen LogP contribution in [0.25, 0.3) is 0 Å². The Morgan fingerprint density at radius 1 is 1.00 bits per heavy atom. The zero-order chi connectivity index (χ0) is 15.3. The summed E-state index contributed by atoms with van der Waals surface area (Å²) in [5.74, 6) is 0. The first kappa shape index (κ1) is 20.2. The molecule has 1 rings (SSSR count). The zero-order valence-electron chi connectivity index (χ0n) is 10.5. The van der Waals surface area contributed by atoms with Gasteiger partial charge in [0.05, 0.1) is 0 Å². The van der Waals surface area contributed by atoms with Crippen LogP contribution in [0.5, 0.6) is 0 Å². The van der Waals surface area contributed by atoms with Crippen LogP contribution >= 0.6 is 0 Å². The van der Waals surface area contributed by atoms with Crippen molar-refractivity contribution in [1.82, 2.24) is 0 Å². The molecule has 0 saturated heterocycles. The first-order valence-electron chi connectivity index (χ1n) is 5.52. The molecule has 0 atom stereocenters. The number of rotatable bonds is 3. The molecule has 0 saturated carbocycles. The van der Waals surface area contributed by atoms with Crippen molar-refractivity contribution in [3.05, 3.63) is 30.6 Å². The molecule has 0 aliphatic carbocycles. The molecule has 1 aromatic heterocycles. The van der Waals surface area contributed by atoms with E-state index in [0.29, 0.717) is 0 Å². The van der Waals surface area contributed by atoms with Crippen LogP contribution in [-0.4, -0.2) is 29.6 Å². The van der Waals surface area contributed by atoms with E-state index in [1.807, 2.05) is 6.07 Å². The minimum Gasteiger partial charge on any atom is -0.418 e. The van der Waals surface area contributed by atoms with Gasteiger partial charge in [-0.1, -0.05) is 19.4 Å². The van der Waals surface area contributed by atoms with Crippen LogP contribution in [-0.2, 0) is 6.54 Å². The SMILES string of the molecule is CCCC[n+]1ccccc1.F[B-](F)(F)F.OB(O)O. The van der Waals surface area contributed by atoms with Crippen LogP contribution in [0.4, 0.5) is 17.3 Å². The van der Waals surface area contributed by atoms with E-state index in [4.69, 9.17) is 15.1 Å². The second kappa shape index (κ2) is 11.9. The Bertz CT molecular complexity index is 293. The van der Waals surface area contributed by atoms with Gasteiger partial charge in [0.1, 0.15) is 6.54 Å². The molecule has 0 amide bonds. The van der Waals surface area contributed by atoms with E-state index < -0.39 is 14.6 Å². The second-order valence-electron chi connectivity index (χ2n) is 3.31. The van der Waals surface area contributed by atoms with Gasteiger partial charge < -0.3 is 32.3 Å². The monoisotopic (exact) mass is 285 g/mol. The molecule has 0 unspecified atom stereocenters. The van der Waals surface area contributed by atoms with E-state index in [9.17, 15) is 17.3 Å². The summed E-state index contributed by atoms with van der Waals surface area (Å²) in [6.07, 6.45) is 6.75. The quantitative estimate of drug-likeness (QED) is 0.441. The maximum atomic E-state index is 9.75. The fourth-order valence-corrected chi connectivity index (χ4v) is 0.924. The molecule has 0 radical (unpaired) electrons. The predicted molar refractivity (Wildman–Crippen MR) is 64.1 cm³/mol. The topological polar surface area (TPSA) is 64.6 Å². The molecule has 0 aliphatic heterocycles. The van der Waals surface area contributed by atoms with Crippen molar-refractivity contribution in [2.45, 2.75) is 26.3 Å². The van der Waals surface area contributed by atoms with Gasteiger partial charge in [-0.3, -0.25) is 0 Å². The maximum Gasteiger partial charge on any atom is 0.673 e. The summed E-state index contributed by atoms with van der Waals surface area (Å²) in [5.41, 5.74) is 0. The first-order valence-corrected chi connectivity index (χ1v) is 5.52. The van der Waals surface area contributed by atoms with E-state index >= 15 is 0 Å². The molecule has 4 nitrogen and oxygen atoms in total. The molecular formula is C9H17B2F4NO3. The number of aryl methyl sites for hydroxylation is 1. The highest BCUT2D eigenvalue weighted by molar-refractivity contribution is 6.50. The lowest BCUT2D eigenvalue weighted by atomic mass is 10.3. The van der Waals surface area contributed by atoms with Crippen LogP contribution in [0, 0.1) is 0 Å². The molecule has 1 heterocycles. The Balaban J connectivity index is 0. The van der Waals surface area contributed by atoms with Crippen molar-refractivity contribution in [1.29, 1.82) is 0 Å². The standard InChI is InChI=1S/C9H14N.BF4.BH3O3/c1-2-3-7-10-8-5-4-6-9-10;2-1(3,4)5;2-1(3)4/h4-6,8-9H,2-3,7H2,1H3;;2-4H/q+1;-1;. The van der Waals surface area contributed by atoms with Gasteiger partial charge in [-0.25, -0.2) is 4.57 Å². The maximum absolute atomic E-state index is 9.75. The summed E-state index contributed by atoms with van der Waals surface area (Å²) in [5, 5.41) is 21.5. The van der Waals surface area contributed by atoms with Gasteiger partial charge in [-0.2, -0.15) is 0 Å². The minimum atomic E-state index is -6.00. The lowest BCUT2D eigenvalue weighted by Gasteiger charge is -1.94. The highest BCUT2D eigenvalue weighted by atomic mass is 19.5. The minimum absolute atomic E-state index is 1.15. The van der Waals surface area contributed by atoms with E-state index in [0.717, 1.165) is 6.54 Å². The number of hydrogen-bond acceptors (Lipinski definition) is 3. The van der Waals surface area contributed by atoms with Crippen molar-refractivity contribution < 1.29 is 36.9 Å². The molecular weight excluding hydrogens is 268 g/mol. The third-order valence-corrected chi connectivity index (χ3v) is 1.55. The summed E-state index contributed by atoms with van der Waals surface area (Å²) in [6.45, 7) is 3.36. The molecule has 110 valence electrons. The average molecular weight is 285 g/mol. The fraction of sp³-hybridized carbons (Fsp3) is 0.444. The van der Waals surface area contributed by atoms with Gasteiger partial charge >= 0.3 is 14.6 Å². The predicted octanol–water partition coefficient (Wildman–Crippen LogP) is 1.02. The Labute approximate surface area is 109 Å². The molecule has 0 aliphatic rings. The second-order valence-corrected chi connectivity index (χ2v) is 3.31. The Hall–Kier alpha value is -1.12. The van der Waals surface area contributed by atoms with Crippen LogP contribution in [0.2, 0.25) is 0 Å². The number of pyridine rings is 1. The molecule has 0 bridgehead atoms. The fourth-order valence-electron chi connectivity index (χ4n) is 0.924. The molecule has 0 spiro atoms. The van der Waals surface area contributed by atoms with Crippen LogP contribution in [0.1, 0.15) is 19.8 Å². The number of halogens is 4. The Morgan fingerprint density at radius 3 is 1.68 bits per heavy atom. The van der Waals surface area contributed by atoms with Gasteiger partial charge in [0, 0.05) is 18.6 Å². The number of unbranched alkanes of at least 4 members (excludes halogenated alkanes) is 1. The van der Waals surface area contributed by atoms with Crippen LogP contribution in [0.3, 0.4) is 0 Å². The number of nitrogens with zero attached hydrogens (tertiary/aromatic N) is 1. The third kappa shape index (κ3) is 31.6. The summed E-state index contributed by atoms with van der Waals surface area (Å²) < 4.78 is 41.2. The van der Waals surface area contributed by atoms with E-state index in [-0.39, 0.29) is 0 Å². The van der Waals surface area contributed by atoms with Crippen LogP contribution in [0.15, 0.2) is 30.6 Å². The van der Waals surface area contributed by atoms with Crippen molar-refractivity contribution in [3.63, 3.8) is 0 Å². The van der Waals surface area contributed by atoms with Crippen molar-refractivity contribution in [3.8, 4) is 0 Å². The third-order valence-electron chi connectivity index (χ3n) is 1.55. The highest BCUT2D eigenvalue weighted by Gasteiger charge is 2.20. The molecule has 3 N–H and O–H groups in total. The summed E-state index contributed by atoms with van der Waals surface area (Å²) >= 11 is 0. The van der Waals surface area contributed by atoms with Gasteiger partial charge in [-0.05, 0) is 0 Å². The number of hydrogen-bond donors (Lipinski definition) is 3. The highest BCUT2D eigenvalue weighted by Crippen LogP contribution is 2.06. The lowest BCUT2D eigenvalue weighted by molar-refractivity contribution is -0.697. The number of aromatic nitrogens is 1. The molecule has 0 fully saturated rings. The Kier molecular flexibility index (Phi) is 12.7. The largest absolute Gasteiger partial charge is 0.673 e. The van der Waals surface area contributed by atoms with Crippen molar-refractivity contribution in [2.24, 2.45) is 0 Å². The normalized spacial score (nSPS) is 9.68. The van der Waals surface area contributed by atoms with Gasteiger partial charge in [0.25, 0.3) is 0 Å². The molecule has 1 aromatic rings. The zero-order valence-corrected chi connectivity index (χ0v) is 10.5. The van der Waals surface area contributed by atoms with Gasteiger partial charge in [-0.15, -0.1) is 0 Å². The van der Waals surface area contributed by atoms with Gasteiger partial charge in [0.2, 0.25) is 0 Å². The molecule has 10 heteroatoms. The van der Waals surface area contributed by atoms with Crippen LogP contribution < -0.4 is 4.57 Å². The van der Waals surface area contributed by atoms with E-state index in [2.05, 4.69) is 36.0 Å². The summed E-state index contributed by atoms with van der Waals surface area (Å²) in [6, 6.07) is 6.17. The van der Waals surface area contributed by atoms with Gasteiger partial charge in [0.15, 0.2) is 12.4 Å². The van der Waals surface area contributed by atoms with Crippen molar-refractivity contribution in [2.75, 3.05) is 0 Å². The summed E-state index contributed by atoms with van der Waals surface area (Å²) in [4.78, 5) is 0. The summed E-state index contributed by atoms with van der Waals surface area (Å²) in [7, 11) is -8.17. The van der Waals surface area contributed by atoms with E-state index in [1.165, 1.54) is 12.8 Å². The Morgan fingerprint density at radius 2 is 1.37 bits per heavy atom. The van der Waals surface area contributed by atoms with E-state index in [1.54, 1.807) is 0 Å². The van der Waals surface area contributed by atoms with Crippen molar-refractivity contribution >= 4 is 14.6 Å². The first-order chi connectivity index (χ1) is 8.66. The molecule has 19 heavy (non-hydrogen) atoms. The lowest BCUT2D eigenvalue weighted by Crippen LogP contribution is -2.31.